The lowest BCUT2D eigenvalue weighted by molar-refractivity contribution is 0.103. The van der Waals surface area contributed by atoms with Gasteiger partial charge in [0.15, 0.2) is 5.78 Å². The van der Waals surface area contributed by atoms with Gasteiger partial charge in [0, 0.05) is 16.0 Å². The Morgan fingerprint density at radius 3 is 2.88 bits per heavy atom. The third kappa shape index (κ3) is 1.41. The van der Waals surface area contributed by atoms with Crippen molar-refractivity contribution in [2.75, 3.05) is 0 Å². The van der Waals surface area contributed by atoms with E-state index in [-0.39, 0.29) is 5.78 Å². The summed E-state index contributed by atoms with van der Waals surface area (Å²) < 4.78 is 0. The molecule has 3 rings (SSSR count). The van der Waals surface area contributed by atoms with Crippen LogP contribution >= 0.6 is 11.3 Å². The molecule has 2 aromatic rings. The molecule has 0 aliphatic heterocycles. The Morgan fingerprint density at radius 1 is 1.12 bits per heavy atom. The predicted molar refractivity (Wildman–Crippen MR) is 66.3 cm³/mol. The molecule has 0 fully saturated rings. The van der Waals surface area contributed by atoms with Crippen LogP contribution in [0, 0.1) is 6.92 Å². The van der Waals surface area contributed by atoms with Crippen LogP contribution in [0.3, 0.4) is 0 Å². The van der Waals surface area contributed by atoms with Gasteiger partial charge < -0.3 is 0 Å². The van der Waals surface area contributed by atoms with Crippen molar-refractivity contribution in [3.8, 4) is 0 Å². The summed E-state index contributed by atoms with van der Waals surface area (Å²) >= 11 is 1.70. The van der Waals surface area contributed by atoms with E-state index in [4.69, 9.17) is 0 Å². The maximum atomic E-state index is 12.3. The van der Waals surface area contributed by atoms with E-state index in [9.17, 15) is 4.79 Å². The second kappa shape index (κ2) is 3.56. The Labute approximate surface area is 98.7 Å². The number of benzene rings is 1. The van der Waals surface area contributed by atoms with Gasteiger partial charge in [-0.1, -0.05) is 23.8 Å². The van der Waals surface area contributed by atoms with Gasteiger partial charge in [-0.15, -0.1) is 11.3 Å². The van der Waals surface area contributed by atoms with Gasteiger partial charge in [0.1, 0.15) is 0 Å². The van der Waals surface area contributed by atoms with E-state index in [2.05, 4.69) is 13.0 Å². The maximum absolute atomic E-state index is 12.3. The van der Waals surface area contributed by atoms with Crippen molar-refractivity contribution in [1.82, 2.24) is 0 Å². The Kier molecular flexibility index (Phi) is 2.18. The fourth-order valence-corrected chi connectivity index (χ4v) is 3.16. The fraction of sp³-hybridized carbons (Fsp3) is 0.214. The summed E-state index contributed by atoms with van der Waals surface area (Å²) in [7, 11) is 0. The summed E-state index contributed by atoms with van der Waals surface area (Å²) in [4.78, 5) is 13.5. The number of carbonyl (C=O) groups excluding carboxylic acids is 1. The largest absolute Gasteiger partial charge is 0.289 e. The van der Waals surface area contributed by atoms with Gasteiger partial charge >= 0.3 is 0 Å². The predicted octanol–water partition coefficient (Wildman–Crippen LogP) is 3.39. The Hall–Kier alpha value is -1.41. The molecule has 80 valence electrons. The van der Waals surface area contributed by atoms with Gasteiger partial charge in [-0.3, -0.25) is 4.79 Å². The number of ketones is 1. The highest BCUT2D eigenvalue weighted by Crippen LogP contribution is 2.28. The van der Waals surface area contributed by atoms with Crippen LogP contribution in [0.2, 0.25) is 0 Å². The normalized spacial score (nSPS) is 14.2. The zero-order valence-electron chi connectivity index (χ0n) is 9.12. The molecule has 2 heteroatoms. The molecule has 1 aliphatic rings. The molecule has 0 saturated carbocycles. The highest BCUT2D eigenvalue weighted by molar-refractivity contribution is 7.10. The van der Waals surface area contributed by atoms with E-state index in [1.54, 1.807) is 11.3 Å². The SMILES string of the molecule is Cc1ccc2c(c1)CCc1sccc1C2=O. The van der Waals surface area contributed by atoms with Gasteiger partial charge in [-0.2, -0.15) is 0 Å². The van der Waals surface area contributed by atoms with Crippen molar-refractivity contribution >= 4 is 17.1 Å². The van der Waals surface area contributed by atoms with E-state index in [1.165, 1.54) is 16.0 Å². The molecule has 0 amide bonds. The Morgan fingerprint density at radius 2 is 2.00 bits per heavy atom. The van der Waals surface area contributed by atoms with Crippen LogP contribution in [0.15, 0.2) is 29.6 Å². The number of aryl methyl sites for hydroxylation is 3. The zero-order valence-corrected chi connectivity index (χ0v) is 9.93. The number of hydrogen-bond donors (Lipinski definition) is 0. The van der Waals surface area contributed by atoms with Crippen molar-refractivity contribution in [3.63, 3.8) is 0 Å². The molecular formula is C14H12OS. The first-order chi connectivity index (χ1) is 7.75. The second-order valence-electron chi connectivity index (χ2n) is 4.25. The van der Waals surface area contributed by atoms with Crippen molar-refractivity contribution in [3.05, 3.63) is 56.8 Å². The van der Waals surface area contributed by atoms with Crippen LogP contribution in [0.25, 0.3) is 0 Å². The lowest BCUT2D eigenvalue weighted by Gasteiger charge is -2.05. The molecule has 0 atom stereocenters. The molecule has 0 spiro atoms. The molecule has 1 nitrogen and oxygen atoms in total. The van der Waals surface area contributed by atoms with Gasteiger partial charge in [0.25, 0.3) is 0 Å². The van der Waals surface area contributed by atoms with E-state index in [1.807, 2.05) is 23.6 Å². The topological polar surface area (TPSA) is 17.1 Å². The number of hydrogen-bond acceptors (Lipinski definition) is 2. The third-order valence-corrected chi connectivity index (χ3v) is 4.10. The smallest absolute Gasteiger partial charge is 0.194 e. The minimum absolute atomic E-state index is 0.198. The van der Waals surface area contributed by atoms with Crippen molar-refractivity contribution in [1.29, 1.82) is 0 Å². The van der Waals surface area contributed by atoms with Crippen LogP contribution in [-0.4, -0.2) is 5.78 Å². The second-order valence-corrected chi connectivity index (χ2v) is 5.25. The minimum atomic E-state index is 0.198. The maximum Gasteiger partial charge on any atom is 0.194 e. The lowest BCUT2D eigenvalue weighted by atomic mass is 9.98. The van der Waals surface area contributed by atoms with Crippen LogP contribution in [0.5, 0.6) is 0 Å². The summed E-state index contributed by atoms with van der Waals surface area (Å²) in [6, 6.07) is 8.09. The molecule has 0 radical (unpaired) electrons. The number of fused-ring (bicyclic) bond motifs is 2. The minimum Gasteiger partial charge on any atom is -0.289 e. The van der Waals surface area contributed by atoms with E-state index in [0.717, 1.165) is 24.0 Å². The highest BCUT2D eigenvalue weighted by atomic mass is 32.1. The molecule has 1 aromatic carbocycles. The summed E-state index contributed by atoms with van der Waals surface area (Å²) in [6.45, 7) is 2.07. The van der Waals surface area contributed by atoms with Crippen molar-refractivity contribution in [2.45, 2.75) is 19.8 Å². The van der Waals surface area contributed by atoms with E-state index >= 15 is 0 Å². The molecule has 16 heavy (non-hydrogen) atoms. The molecule has 1 aliphatic carbocycles. The molecule has 1 heterocycles. The Bertz CT molecular complexity index is 566. The summed E-state index contributed by atoms with van der Waals surface area (Å²) in [5, 5.41) is 2.02. The fourth-order valence-electron chi connectivity index (χ4n) is 2.28. The monoisotopic (exact) mass is 228 g/mol. The van der Waals surface area contributed by atoms with Crippen molar-refractivity contribution in [2.24, 2.45) is 0 Å². The molecule has 1 aromatic heterocycles. The molecule has 0 bridgehead atoms. The van der Waals surface area contributed by atoms with Crippen molar-refractivity contribution < 1.29 is 4.79 Å². The summed E-state index contributed by atoms with van der Waals surface area (Å²) in [5.74, 6) is 0.198. The number of rotatable bonds is 0. The van der Waals surface area contributed by atoms with Crippen LogP contribution in [0.4, 0.5) is 0 Å². The van der Waals surface area contributed by atoms with Gasteiger partial charge in [0.2, 0.25) is 0 Å². The molecule has 0 N–H and O–H groups in total. The molecule has 0 unspecified atom stereocenters. The summed E-state index contributed by atoms with van der Waals surface area (Å²) in [6.07, 6.45) is 1.98. The van der Waals surface area contributed by atoms with E-state index in [0.29, 0.717) is 0 Å². The van der Waals surface area contributed by atoms with Crippen LogP contribution in [0.1, 0.15) is 31.9 Å². The third-order valence-electron chi connectivity index (χ3n) is 3.12. The first kappa shape index (κ1) is 9.79. The summed E-state index contributed by atoms with van der Waals surface area (Å²) in [5.41, 5.74) is 4.24. The van der Waals surface area contributed by atoms with Crippen LogP contribution in [-0.2, 0) is 12.8 Å². The van der Waals surface area contributed by atoms with Gasteiger partial charge in [0.05, 0.1) is 0 Å². The number of carbonyl (C=O) groups is 1. The Balaban J connectivity index is 2.20. The number of thiophene rings is 1. The van der Waals surface area contributed by atoms with E-state index < -0.39 is 0 Å². The average Bonchev–Trinajstić information content (AvgIpc) is 2.69. The quantitative estimate of drug-likeness (QED) is 0.675. The average molecular weight is 228 g/mol. The highest BCUT2D eigenvalue weighted by Gasteiger charge is 2.21. The first-order valence-electron chi connectivity index (χ1n) is 5.46. The molecule has 0 saturated heterocycles. The zero-order chi connectivity index (χ0) is 11.1. The van der Waals surface area contributed by atoms with Crippen LogP contribution < -0.4 is 0 Å². The molecular weight excluding hydrogens is 216 g/mol. The lowest BCUT2D eigenvalue weighted by Crippen LogP contribution is -2.02. The first-order valence-corrected chi connectivity index (χ1v) is 6.34. The standard InChI is InChI=1S/C14H12OS/c1-9-2-4-11-10(8-9)3-5-13-12(14(11)15)6-7-16-13/h2,4,6-8H,3,5H2,1H3. The van der Waals surface area contributed by atoms with Gasteiger partial charge in [-0.25, -0.2) is 0 Å². The van der Waals surface area contributed by atoms with Gasteiger partial charge in [-0.05, 0) is 36.8 Å².